The summed E-state index contributed by atoms with van der Waals surface area (Å²) < 4.78 is 0. The molecule has 19 heavy (non-hydrogen) atoms. The molecule has 0 aromatic carbocycles. The van der Waals surface area contributed by atoms with Gasteiger partial charge >= 0.3 is 0 Å². The standard InChI is InChI=1S/C14H14ClN3O/c1-9-3-4-11(6-16-9)7-18-14(19)12-8-17-10(2)5-13(12)15/h3-6,8H,7H2,1-2H3,(H,18,19). The first-order valence-corrected chi connectivity index (χ1v) is 6.26. The van der Waals surface area contributed by atoms with Gasteiger partial charge in [0.2, 0.25) is 0 Å². The summed E-state index contributed by atoms with van der Waals surface area (Å²) in [6.07, 6.45) is 3.23. The molecule has 5 heteroatoms. The molecule has 0 aliphatic rings. The van der Waals surface area contributed by atoms with E-state index in [0.29, 0.717) is 17.1 Å². The lowest BCUT2D eigenvalue weighted by Gasteiger charge is -2.07. The fourth-order valence-corrected chi connectivity index (χ4v) is 1.87. The van der Waals surface area contributed by atoms with Crippen molar-refractivity contribution in [1.29, 1.82) is 0 Å². The summed E-state index contributed by atoms with van der Waals surface area (Å²) in [6.45, 7) is 4.15. The Morgan fingerprint density at radius 2 is 1.95 bits per heavy atom. The predicted octanol–water partition coefficient (Wildman–Crippen LogP) is 2.68. The number of carbonyl (C=O) groups is 1. The lowest BCUT2D eigenvalue weighted by atomic mass is 10.2. The number of amides is 1. The van der Waals surface area contributed by atoms with Crippen molar-refractivity contribution in [3.63, 3.8) is 0 Å². The summed E-state index contributed by atoms with van der Waals surface area (Å²) in [4.78, 5) is 20.2. The SMILES string of the molecule is Cc1ccc(CNC(=O)c2cnc(C)cc2Cl)cn1. The van der Waals surface area contributed by atoms with Crippen molar-refractivity contribution in [2.24, 2.45) is 0 Å². The van der Waals surface area contributed by atoms with Crippen LogP contribution in [0, 0.1) is 13.8 Å². The zero-order chi connectivity index (χ0) is 13.8. The third-order valence-electron chi connectivity index (χ3n) is 2.66. The number of nitrogens with one attached hydrogen (secondary N) is 1. The maximum absolute atomic E-state index is 12.0. The highest BCUT2D eigenvalue weighted by Crippen LogP contribution is 2.15. The van der Waals surface area contributed by atoms with E-state index in [1.54, 1.807) is 12.3 Å². The number of hydrogen-bond donors (Lipinski definition) is 1. The van der Waals surface area contributed by atoms with E-state index in [1.807, 2.05) is 26.0 Å². The number of rotatable bonds is 3. The van der Waals surface area contributed by atoms with Crippen molar-refractivity contribution < 1.29 is 4.79 Å². The maximum Gasteiger partial charge on any atom is 0.254 e. The largest absolute Gasteiger partial charge is 0.348 e. The van der Waals surface area contributed by atoms with Crippen LogP contribution in [0.2, 0.25) is 5.02 Å². The molecule has 0 bridgehead atoms. The fraction of sp³-hybridized carbons (Fsp3) is 0.214. The van der Waals surface area contributed by atoms with Gasteiger partial charge in [-0.15, -0.1) is 0 Å². The molecule has 0 aliphatic heterocycles. The Balaban J connectivity index is 2.03. The normalized spacial score (nSPS) is 10.3. The molecule has 2 aromatic heterocycles. The molecule has 98 valence electrons. The monoisotopic (exact) mass is 275 g/mol. The first-order valence-electron chi connectivity index (χ1n) is 5.88. The van der Waals surface area contributed by atoms with E-state index >= 15 is 0 Å². The van der Waals surface area contributed by atoms with Crippen LogP contribution in [-0.2, 0) is 6.54 Å². The van der Waals surface area contributed by atoms with Gasteiger partial charge in [-0.25, -0.2) is 0 Å². The Labute approximate surface area is 116 Å². The van der Waals surface area contributed by atoms with E-state index in [4.69, 9.17) is 11.6 Å². The predicted molar refractivity (Wildman–Crippen MR) is 74.1 cm³/mol. The number of aromatic nitrogens is 2. The number of halogens is 1. The number of nitrogens with zero attached hydrogens (tertiary/aromatic N) is 2. The Morgan fingerprint density at radius 1 is 1.21 bits per heavy atom. The second-order valence-corrected chi connectivity index (χ2v) is 4.70. The summed E-state index contributed by atoms with van der Waals surface area (Å²) in [7, 11) is 0. The first kappa shape index (κ1) is 13.5. The highest BCUT2D eigenvalue weighted by atomic mass is 35.5. The topological polar surface area (TPSA) is 54.9 Å². The average Bonchev–Trinajstić information content (AvgIpc) is 2.37. The summed E-state index contributed by atoms with van der Waals surface area (Å²) in [5, 5.41) is 3.20. The minimum Gasteiger partial charge on any atom is -0.348 e. The van der Waals surface area contributed by atoms with Crippen molar-refractivity contribution in [3.05, 3.63) is 58.1 Å². The Morgan fingerprint density at radius 3 is 2.58 bits per heavy atom. The fourth-order valence-electron chi connectivity index (χ4n) is 1.57. The van der Waals surface area contributed by atoms with E-state index in [0.717, 1.165) is 17.0 Å². The molecule has 0 spiro atoms. The third kappa shape index (κ3) is 3.51. The quantitative estimate of drug-likeness (QED) is 0.937. The first-order chi connectivity index (χ1) is 9.06. The summed E-state index contributed by atoms with van der Waals surface area (Å²) in [5.74, 6) is -0.238. The van der Waals surface area contributed by atoms with Crippen LogP contribution in [-0.4, -0.2) is 15.9 Å². The van der Waals surface area contributed by atoms with Crippen molar-refractivity contribution in [3.8, 4) is 0 Å². The van der Waals surface area contributed by atoms with Crippen LogP contribution in [0.5, 0.6) is 0 Å². The molecule has 2 aromatic rings. The van der Waals surface area contributed by atoms with Crippen LogP contribution < -0.4 is 5.32 Å². The lowest BCUT2D eigenvalue weighted by molar-refractivity contribution is 0.0950. The van der Waals surface area contributed by atoms with Crippen molar-refractivity contribution in [1.82, 2.24) is 15.3 Å². The number of carbonyl (C=O) groups excluding carboxylic acids is 1. The van der Waals surface area contributed by atoms with Crippen molar-refractivity contribution in [2.75, 3.05) is 0 Å². The molecule has 0 unspecified atom stereocenters. The van der Waals surface area contributed by atoms with Crippen LogP contribution in [0.1, 0.15) is 27.3 Å². The van der Waals surface area contributed by atoms with Gasteiger partial charge in [-0.05, 0) is 31.5 Å². The van der Waals surface area contributed by atoms with Crippen molar-refractivity contribution in [2.45, 2.75) is 20.4 Å². The maximum atomic E-state index is 12.0. The van der Waals surface area contributed by atoms with Gasteiger partial charge in [-0.1, -0.05) is 17.7 Å². The number of pyridine rings is 2. The average molecular weight is 276 g/mol. The van der Waals surface area contributed by atoms with Crippen molar-refractivity contribution >= 4 is 17.5 Å². The molecule has 4 nitrogen and oxygen atoms in total. The van der Waals surface area contributed by atoms with Crippen LogP contribution in [0.4, 0.5) is 0 Å². The Hall–Kier alpha value is -1.94. The highest BCUT2D eigenvalue weighted by molar-refractivity contribution is 6.33. The summed E-state index contributed by atoms with van der Waals surface area (Å²) in [5.41, 5.74) is 3.05. The van der Waals surface area contributed by atoms with Gasteiger partial charge < -0.3 is 5.32 Å². The molecule has 2 heterocycles. The molecular weight excluding hydrogens is 262 g/mol. The molecule has 0 radical (unpaired) electrons. The molecule has 0 fully saturated rings. The Bertz CT molecular complexity index is 596. The second-order valence-electron chi connectivity index (χ2n) is 4.30. The molecule has 1 N–H and O–H groups in total. The molecule has 1 amide bonds. The minimum atomic E-state index is -0.238. The molecule has 0 saturated carbocycles. The molecule has 0 atom stereocenters. The number of aryl methyl sites for hydroxylation is 2. The number of hydrogen-bond acceptors (Lipinski definition) is 3. The van der Waals surface area contributed by atoms with Gasteiger partial charge in [-0.2, -0.15) is 0 Å². The second kappa shape index (κ2) is 5.80. The van der Waals surface area contributed by atoms with Gasteiger partial charge in [0.1, 0.15) is 0 Å². The lowest BCUT2D eigenvalue weighted by Crippen LogP contribution is -2.23. The molecule has 2 rings (SSSR count). The van der Waals surface area contributed by atoms with Gasteiger partial charge in [0.15, 0.2) is 0 Å². The van der Waals surface area contributed by atoms with E-state index in [9.17, 15) is 4.79 Å². The van der Waals surface area contributed by atoms with Crippen LogP contribution in [0.3, 0.4) is 0 Å². The van der Waals surface area contributed by atoms with Gasteiger partial charge in [0, 0.05) is 30.3 Å². The zero-order valence-corrected chi connectivity index (χ0v) is 11.5. The van der Waals surface area contributed by atoms with Crippen LogP contribution >= 0.6 is 11.6 Å². The van der Waals surface area contributed by atoms with E-state index in [2.05, 4.69) is 15.3 Å². The summed E-state index contributed by atoms with van der Waals surface area (Å²) in [6, 6.07) is 5.50. The smallest absolute Gasteiger partial charge is 0.254 e. The highest BCUT2D eigenvalue weighted by Gasteiger charge is 2.10. The van der Waals surface area contributed by atoms with Crippen LogP contribution in [0.25, 0.3) is 0 Å². The van der Waals surface area contributed by atoms with E-state index in [-0.39, 0.29) is 5.91 Å². The molecular formula is C14H14ClN3O. The van der Waals surface area contributed by atoms with Gasteiger partial charge in [-0.3, -0.25) is 14.8 Å². The molecule has 0 aliphatic carbocycles. The summed E-state index contributed by atoms with van der Waals surface area (Å²) >= 11 is 6.01. The molecule has 0 saturated heterocycles. The minimum absolute atomic E-state index is 0.238. The van der Waals surface area contributed by atoms with E-state index in [1.165, 1.54) is 6.20 Å². The van der Waals surface area contributed by atoms with Crippen LogP contribution in [0.15, 0.2) is 30.6 Å². The van der Waals surface area contributed by atoms with Gasteiger partial charge in [0.25, 0.3) is 5.91 Å². The third-order valence-corrected chi connectivity index (χ3v) is 2.97. The Kier molecular flexibility index (Phi) is 4.12. The zero-order valence-electron chi connectivity index (χ0n) is 10.8. The van der Waals surface area contributed by atoms with E-state index < -0.39 is 0 Å². The van der Waals surface area contributed by atoms with Gasteiger partial charge in [0.05, 0.1) is 10.6 Å².